The Labute approximate surface area is 211 Å². The Kier molecular flexibility index (Phi) is 7.49. The molecule has 0 saturated heterocycles. The Balaban J connectivity index is 1.50. The van der Waals surface area contributed by atoms with Crippen LogP contribution in [0.2, 0.25) is 0 Å². The maximum absolute atomic E-state index is 13.3. The zero-order chi connectivity index (χ0) is 25.9. The molecule has 0 fully saturated rings. The van der Waals surface area contributed by atoms with Crippen molar-refractivity contribution in [2.24, 2.45) is 0 Å². The van der Waals surface area contributed by atoms with Gasteiger partial charge in [0, 0.05) is 31.4 Å². The van der Waals surface area contributed by atoms with Crippen molar-refractivity contribution in [2.45, 2.75) is 44.2 Å². The van der Waals surface area contributed by atoms with E-state index in [0.29, 0.717) is 29.3 Å². The number of carbonyl (C=O) groups is 2. The van der Waals surface area contributed by atoms with E-state index < -0.39 is 16.1 Å². The number of rotatable bonds is 10. The second-order valence-electron chi connectivity index (χ2n) is 8.76. The summed E-state index contributed by atoms with van der Waals surface area (Å²) in [5.41, 5.74) is 1.47. The lowest BCUT2D eigenvalue weighted by molar-refractivity contribution is -0.140. The summed E-state index contributed by atoms with van der Waals surface area (Å²) in [6.07, 6.45) is 0.422. The lowest BCUT2D eigenvalue weighted by Crippen LogP contribution is -2.47. The van der Waals surface area contributed by atoms with Crippen LogP contribution in [0.4, 0.5) is 5.69 Å². The van der Waals surface area contributed by atoms with E-state index >= 15 is 0 Å². The van der Waals surface area contributed by atoms with Crippen molar-refractivity contribution in [1.29, 1.82) is 0 Å². The van der Waals surface area contributed by atoms with Gasteiger partial charge in [0.1, 0.15) is 11.8 Å². The summed E-state index contributed by atoms with van der Waals surface area (Å²) >= 11 is 0. The summed E-state index contributed by atoms with van der Waals surface area (Å²) in [5, 5.41) is 4.36. The molecular formula is C27H31N3O5S. The quantitative estimate of drug-likeness (QED) is 0.450. The van der Waals surface area contributed by atoms with Crippen molar-refractivity contribution >= 4 is 38.3 Å². The first kappa shape index (κ1) is 25.5. The molecule has 0 aliphatic carbocycles. The number of sulfonamides is 1. The highest BCUT2D eigenvalue weighted by molar-refractivity contribution is 7.93. The lowest BCUT2D eigenvalue weighted by atomic mass is 10.1. The normalized spacial score (nSPS) is 14.5. The molecule has 3 aromatic carbocycles. The molecule has 1 N–H and O–H groups in total. The van der Waals surface area contributed by atoms with Crippen molar-refractivity contribution in [1.82, 2.24) is 10.2 Å². The molecule has 0 bridgehead atoms. The largest absolute Gasteiger partial charge is 0.497 e. The second kappa shape index (κ2) is 10.6. The molecule has 0 saturated carbocycles. The second-order valence-corrected chi connectivity index (χ2v) is 10.6. The van der Waals surface area contributed by atoms with Gasteiger partial charge in [-0.2, -0.15) is 0 Å². The van der Waals surface area contributed by atoms with Crippen molar-refractivity contribution in [3.05, 3.63) is 66.2 Å². The monoisotopic (exact) mass is 509 g/mol. The first-order valence-electron chi connectivity index (χ1n) is 12.0. The summed E-state index contributed by atoms with van der Waals surface area (Å²) in [7, 11) is -2.11. The van der Waals surface area contributed by atoms with E-state index in [2.05, 4.69) is 5.32 Å². The smallest absolute Gasteiger partial charge is 0.265 e. The van der Waals surface area contributed by atoms with Crippen LogP contribution in [0.25, 0.3) is 10.8 Å². The third-order valence-corrected chi connectivity index (χ3v) is 8.29. The molecule has 0 unspecified atom stereocenters. The van der Waals surface area contributed by atoms with Gasteiger partial charge in [-0.15, -0.1) is 0 Å². The molecule has 1 heterocycles. The number of nitrogens with one attached hydrogen (secondary N) is 1. The Morgan fingerprint density at radius 3 is 2.53 bits per heavy atom. The van der Waals surface area contributed by atoms with Crippen molar-refractivity contribution in [3.8, 4) is 5.75 Å². The molecule has 2 amide bonds. The zero-order valence-corrected chi connectivity index (χ0v) is 21.5. The van der Waals surface area contributed by atoms with Crippen LogP contribution < -0.4 is 14.4 Å². The number of likely N-dealkylation sites (N-methyl/N-ethyl adjacent to an activating group) is 1. The maximum atomic E-state index is 13.3. The summed E-state index contributed by atoms with van der Waals surface area (Å²) in [6, 6.07) is 17.5. The number of methoxy groups -OCH3 is 1. The van der Waals surface area contributed by atoms with Crippen LogP contribution in [0, 0.1) is 0 Å². The molecule has 1 aliphatic rings. The minimum Gasteiger partial charge on any atom is -0.497 e. The van der Waals surface area contributed by atoms with Gasteiger partial charge in [0.05, 0.1) is 17.7 Å². The van der Waals surface area contributed by atoms with E-state index in [1.54, 1.807) is 32.2 Å². The molecular weight excluding hydrogens is 478 g/mol. The number of hydrogen-bond donors (Lipinski definition) is 1. The van der Waals surface area contributed by atoms with Crippen molar-refractivity contribution in [2.75, 3.05) is 24.5 Å². The Bertz CT molecular complexity index is 1380. The molecule has 0 radical (unpaired) electrons. The Hall–Kier alpha value is -3.59. The molecule has 0 spiro atoms. The molecule has 4 rings (SSSR count). The highest BCUT2D eigenvalue weighted by Gasteiger charge is 2.35. The summed E-state index contributed by atoms with van der Waals surface area (Å²) in [4.78, 5) is 27.8. The molecule has 1 atom stereocenters. The fraction of sp³-hybridized carbons (Fsp3) is 0.333. The summed E-state index contributed by atoms with van der Waals surface area (Å²) in [6.45, 7) is 4.40. The third-order valence-electron chi connectivity index (χ3n) is 6.44. The van der Waals surface area contributed by atoms with E-state index in [1.165, 1.54) is 9.21 Å². The average Bonchev–Trinajstić information content (AvgIpc) is 3.10. The van der Waals surface area contributed by atoms with Gasteiger partial charge in [-0.05, 0) is 55.5 Å². The van der Waals surface area contributed by atoms with E-state index in [4.69, 9.17) is 4.74 Å². The average molecular weight is 510 g/mol. The van der Waals surface area contributed by atoms with Gasteiger partial charge >= 0.3 is 0 Å². The zero-order valence-electron chi connectivity index (χ0n) is 20.7. The van der Waals surface area contributed by atoms with E-state index in [1.807, 2.05) is 49.4 Å². The maximum Gasteiger partial charge on any atom is 0.265 e. The van der Waals surface area contributed by atoms with Gasteiger partial charge in [0.25, 0.3) is 10.0 Å². The van der Waals surface area contributed by atoms with Gasteiger partial charge in [-0.3, -0.25) is 13.9 Å². The van der Waals surface area contributed by atoms with Gasteiger partial charge in [-0.1, -0.05) is 36.4 Å². The van der Waals surface area contributed by atoms with E-state index in [-0.39, 0.29) is 31.3 Å². The standard InChI is InChI=1S/C27H31N3O5S/c1-4-28-27(32)19(2)29(18-20-9-5-12-22(17-20)35-3)25(31)15-8-16-30-23-13-6-10-21-11-7-14-24(26(21)23)36(30,33)34/h5-7,9-14,17,19H,4,8,15-16,18H2,1-3H3,(H,28,32)/t19-/m1/s1. The third kappa shape index (κ3) is 4.88. The van der Waals surface area contributed by atoms with Crippen LogP contribution in [-0.2, 0) is 26.2 Å². The fourth-order valence-electron chi connectivity index (χ4n) is 4.59. The molecule has 36 heavy (non-hydrogen) atoms. The van der Waals surface area contributed by atoms with Crippen LogP contribution in [-0.4, -0.2) is 51.4 Å². The first-order chi connectivity index (χ1) is 17.3. The Morgan fingerprint density at radius 2 is 1.81 bits per heavy atom. The highest BCUT2D eigenvalue weighted by atomic mass is 32.2. The van der Waals surface area contributed by atoms with Gasteiger partial charge in [0.15, 0.2) is 0 Å². The van der Waals surface area contributed by atoms with Crippen LogP contribution in [0.15, 0.2) is 65.6 Å². The van der Waals surface area contributed by atoms with Gasteiger partial charge < -0.3 is 15.0 Å². The summed E-state index contributed by atoms with van der Waals surface area (Å²) < 4.78 is 33.1. The highest BCUT2D eigenvalue weighted by Crippen LogP contribution is 2.42. The molecule has 9 heteroatoms. The Morgan fingerprint density at radius 1 is 1.08 bits per heavy atom. The number of amides is 2. The number of benzene rings is 3. The predicted octanol–water partition coefficient (Wildman–Crippen LogP) is 3.69. The minimum atomic E-state index is -3.68. The molecule has 1 aliphatic heterocycles. The van der Waals surface area contributed by atoms with E-state index in [9.17, 15) is 18.0 Å². The molecule has 0 aromatic heterocycles. The molecule has 3 aromatic rings. The van der Waals surface area contributed by atoms with Crippen LogP contribution in [0.1, 0.15) is 32.3 Å². The number of anilines is 1. The SMILES string of the molecule is CCNC(=O)[C@@H](C)N(Cc1cccc(OC)c1)C(=O)CCCN1c2cccc3cccc(c23)S1(=O)=O. The van der Waals surface area contributed by atoms with Crippen LogP contribution in [0.5, 0.6) is 5.75 Å². The van der Waals surface area contributed by atoms with Crippen molar-refractivity contribution in [3.63, 3.8) is 0 Å². The summed E-state index contributed by atoms with van der Waals surface area (Å²) in [5.74, 6) is 0.209. The molecule has 8 nitrogen and oxygen atoms in total. The van der Waals surface area contributed by atoms with Crippen LogP contribution in [0.3, 0.4) is 0 Å². The number of nitrogens with zero attached hydrogens (tertiary/aromatic N) is 2. The minimum absolute atomic E-state index is 0.103. The van der Waals surface area contributed by atoms with E-state index in [0.717, 1.165) is 16.3 Å². The lowest BCUT2D eigenvalue weighted by Gasteiger charge is -2.29. The number of ether oxygens (including phenoxy) is 1. The molecule has 190 valence electrons. The fourth-order valence-corrected chi connectivity index (χ4v) is 6.34. The van der Waals surface area contributed by atoms with Crippen LogP contribution >= 0.6 is 0 Å². The predicted molar refractivity (Wildman–Crippen MR) is 139 cm³/mol. The number of hydrogen-bond acceptors (Lipinski definition) is 5. The topological polar surface area (TPSA) is 96.0 Å². The number of carbonyl (C=O) groups excluding carboxylic acids is 2. The van der Waals surface area contributed by atoms with Gasteiger partial charge in [-0.25, -0.2) is 8.42 Å². The van der Waals surface area contributed by atoms with Crippen molar-refractivity contribution < 1.29 is 22.7 Å². The van der Waals surface area contributed by atoms with Gasteiger partial charge in [0.2, 0.25) is 11.8 Å². The first-order valence-corrected chi connectivity index (χ1v) is 13.5.